The van der Waals surface area contributed by atoms with Crippen molar-refractivity contribution in [3.05, 3.63) is 59.7 Å². The Labute approximate surface area is 121 Å². The van der Waals surface area contributed by atoms with Gasteiger partial charge in [-0.3, -0.25) is 0 Å². The van der Waals surface area contributed by atoms with Crippen LogP contribution < -0.4 is 0 Å². The van der Waals surface area contributed by atoms with Gasteiger partial charge in [-0.2, -0.15) is 0 Å². The Kier molecular flexibility index (Phi) is 3.74. The van der Waals surface area contributed by atoms with Crippen molar-refractivity contribution in [3.8, 4) is 0 Å². The number of hydrogen-bond donors (Lipinski definition) is 0. The molecule has 0 spiro atoms. The molecular weight excluding hydrogens is 245 g/mol. The number of rotatable bonds is 2. The highest BCUT2D eigenvalue weighted by Gasteiger charge is 2.18. The lowest BCUT2D eigenvalue weighted by atomic mass is 9.90. The first-order valence-electron chi connectivity index (χ1n) is 6.99. The van der Waals surface area contributed by atoms with Crippen molar-refractivity contribution >= 4 is 13.6 Å². The quantitative estimate of drug-likeness (QED) is 0.776. The molecule has 0 atom stereocenters. The van der Waals surface area contributed by atoms with Crippen LogP contribution in [0.25, 0.3) is 5.57 Å². The van der Waals surface area contributed by atoms with Crippen molar-refractivity contribution in [1.29, 1.82) is 0 Å². The first-order valence-corrected chi connectivity index (χ1v) is 6.99. The summed E-state index contributed by atoms with van der Waals surface area (Å²) in [7, 11) is 7.88. The zero-order valence-corrected chi connectivity index (χ0v) is 11.8. The molecule has 1 aliphatic rings. The van der Waals surface area contributed by atoms with Gasteiger partial charge in [0.25, 0.3) is 0 Å². The SMILES string of the molecule is [B]N1CCC(=C(c2ccccc2)c2cn(C)cn2)CC1. The van der Waals surface area contributed by atoms with E-state index >= 15 is 0 Å². The molecule has 0 aliphatic carbocycles. The molecule has 0 N–H and O–H groups in total. The lowest BCUT2D eigenvalue weighted by molar-refractivity contribution is 0.419. The lowest BCUT2D eigenvalue weighted by Crippen LogP contribution is -2.28. The molecule has 1 aromatic carbocycles. The van der Waals surface area contributed by atoms with E-state index in [-0.39, 0.29) is 0 Å². The van der Waals surface area contributed by atoms with E-state index in [4.69, 9.17) is 7.98 Å². The van der Waals surface area contributed by atoms with Crippen molar-refractivity contribution < 1.29 is 0 Å². The van der Waals surface area contributed by atoms with Gasteiger partial charge in [0.15, 0.2) is 7.98 Å². The number of piperidine rings is 1. The monoisotopic (exact) mass is 263 g/mol. The highest BCUT2D eigenvalue weighted by molar-refractivity contribution is 6.04. The molecule has 1 saturated heterocycles. The molecule has 1 aliphatic heterocycles. The van der Waals surface area contributed by atoms with Gasteiger partial charge < -0.3 is 9.38 Å². The van der Waals surface area contributed by atoms with Crippen molar-refractivity contribution in [3.63, 3.8) is 0 Å². The second-order valence-corrected chi connectivity index (χ2v) is 5.30. The fourth-order valence-electron chi connectivity index (χ4n) is 2.72. The summed E-state index contributed by atoms with van der Waals surface area (Å²) in [6.07, 6.45) is 5.97. The van der Waals surface area contributed by atoms with Gasteiger partial charge in [-0.05, 0) is 31.5 Å². The van der Waals surface area contributed by atoms with Gasteiger partial charge in [0.1, 0.15) is 0 Å². The van der Waals surface area contributed by atoms with Gasteiger partial charge in [-0.1, -0.05) is 35.9 Å². The Morgan fingerprint density at radius 3 is 2.45 bits per heavy atom. The standard InChI is InChI=1S/C16H18BN3/c1-19-11-15(18-12-19)16(13-5-3-2-4-6-13)14-7-9-20(17)10-8-14/h2-6,11-12H,7-10H2,1H3. The number of hydrogen-bond acceptors (Lipinski definition) is 2. The summed E-state index contributed by atoms with van der Waals surface area (Å²) < 4.78 is 2.00. The summed E-state index contributed by atoms with van der Waals surface area (Å²) >= 11 is 0. The predicted octanol–water partition coefficient (Wildman–Crippen LogP) is 2.40. The van der Waals surface area contributed by atoms with Crippen molar-refractivity contribution in [2.24, 2.45) is 7.05 Å². The highest BCUT2D eigenvalue weighted by atomic mass is 15.0. The van der Waals surface area contributed by atoms with Gasteiger partial charge in [-0.15, -0.1) is 0 Å². The molecule has 20 heavy (non-hydrogen) atoms. The highest BCUT2D eigenvalue weighted by Crippen LogP contribution is 2.30. The van der Waals surface area contributed by atoms with Crippen LogP contribution in [0.3, 0.4) is 0 Å². The molecule has 0 saturated carbocycles. The van der Waals surface area contributed by atoms with Crippen LogP contribution in [-0.2, 0) is 7.05 Å². The number of aromatic nitrogens is 2. The smallest absolute Gasteiger partial charge is 0.182 e. The molecule has 2 radical (unpaired) electrons. The third-order valence-corrected chi connectivity index (χ3v) is 3.78. The van der Waals surface area contributed by atoms with Gasteiger partial charge in [0.2, 0.25) is 0 Å². The van der Waals surface area contributed by atoms with Crippen molar-refractivity contribution in [2.45, 2.75) is 12.8 Å². The Morgan fingerprint density at radius 2 is 1.85 bits per heavy atom. The lowest BCUT2D eigenvalue weighted by Gasteiger charge is -2.26. The molecule has 1 fully saturated rings. The minimum atomic E-state index is 0.915. The van der Waals surface area contributed by atoms with E-state index in [0.29, 0.717) is 0 Å². The summed E-state index contributed by atoms with van der Waals surface area (Å²) in [5.74, 6) is 0. The summed E-state index contributed by atoms with van der Waals surface area (Å²) in [6, 6.07) is 10.5. The van der Waals surface area contributed by atoms with Crippen molar-refractivity contribution in [1.82, 2.24) is 14.4 Å². The molecule has 0 unspecified atom stereocenters. The van der Waals surface area contributed by atoms with Gasteiger partial charge in [-0.25, -0.2) is 4.98 Å². The summed E-state index contributed by atoms with van der Waals surface area (Å²) in [5.41, 5.74) is 5.03. The van der Waals surface area contributed by atoms with Crippen LogP contribution in [0.5, 0.6) is 0 Å². The van der Waals surface area contributed by atoms with E-state index in [1.807, 2.05) is 28.8 Å². The average molecular weight is 263 g/mol. The Morgan fingerprint density at radius 1 is 1.15 bits per heavy atom. The maximum atomic E-state index is 5.87. The van der Waals surface area contributed by atoms with E-state index in [9.17, 15) is 0 Å². The van der Waals surface area contributed by atoms with Crippen LogP contribution >= 0.6 is 0 Å². The van der Waals surface area contributed by atoms with Gasteiger partial charge in [0, 0.05) is 18.8 Å². The largest absolute Gasteiger partial charge is 0.353 e. The molecule has 0 bridgehead atoms. The van der Waals surface area contributed by atoms with E-state index in [1.54, 1.807) is 0 Å². The van der Waals surface area contributed by atoms with Crippen LogP contribution in [0.4, 0.5) is 0 Å². The average Bonchev–Trinajstić information content (AvgIpc) is 2.89. The minimum Gasteiger partial charge on any atom is -0.353 e. The summed E-state index contributed by atoms with van der Waals surface area (Å²) in [5, 5.41) is 0. The van der Waals surface area contributed by atoms with Gasteiger partial charge >= 0.3 is 0 Å². The maximum Gasteiger partial charge on any atom is 0.182 e. The zero-order chi connectivity index (χ0) is 13.9. The molecule has 3 nitrogen and oxygen atoms in total. The Bertz CT molecular complexity index is 606. The van der Waals surface area contributed by atoms with Crippen molar-refractivity contribution in [2.75, 3.05) is 13.1 Å². The van der Waals surface area contributed by atoms with Gasteiger partial charge in [0.05, 0.1) is 12.0 Å². The summed E-state index contributed by atoms with van der Waals surface area (Å²) in [4.78, 5) is 6.44. The molecule has 100 valence electrons. The number of imidazole rings is 1. The molecular formula is C16H18BN3. The fraction of sp³-hybridized carbons (Fsp3) is 0.312. The zero-order valence-electron chi connectivity index (χ0n) is 11.8. The van der Waals surface area contributed by atoms with Crippen LogP contribution in [0.15, 0.2) is 48.4 Å². The van der Waals surface area contributed by atoms with Crippen LogP contribution in [-0.4, -0.2) is 35.4 Å². The van der Waals surface area contributed by atoms with E-state index in [2.05, 4.69) is 35.4 Å². The molecule has 0 amide bonds. The molecule has 4 heteroatoms. The first-order chi connectivity index (χ1) is 9.74. The molecule has 3 rings (SSSR count). The van der Waals surface area contributed by atoms with E-state index in [1.165, 1.54) is 16.7 Å². The Balaban J connectivity index is 2.06. The number of benzene rings is 1. The first kappa shape index (κ1) is 13.2. The third-order valence-electron chi connectivity index (χ3n) is 3.78. The predicted molar refractivity (Wildman–Crippen MR) is 82.2 cm³/mol. The maximum absolute atomic E-state index is 5.87. The molecule has 2 aromatic rings. The number of nitrogens with zero attached hydrogens (tertiary/aromatic N) is 3. The molecule has 1 aromatic heterocycles. The second-order valence-electron chi connectivity index (χ2n) is 5.30. The third kappa shape index (κ3) is 2.70. The summed E-state index contributed by atoms with van der Waals surface area (Å²) in [6.45, 7) is 1.83. The van der Waals surface area contributed by atoms with Crippen LogP contribution in [0, 0.1) is 0 Å². The van der Waals surface area contributed by atoms with E-state index in [0.717, 1.165) is 31.6 Å². The topological polar surface area (TPSA) is 21.1 Å². The molecule has 2 heterocycles. The van der Waals surface area contributed by atoms with E-state index < -0.39 is 0 Å². The normalized spacial score (nSPS) is 16.4. The fourth-order valence-corrected chi connectivity index (χ4v) is 2.72. The Hall–Kier alpha value is -1.81. The van der Waals surface area contributed by atoms with Crippen LogP contribution in [0.2, 0.25) is 0 Å². The number of aryl methyl sites for hydroxylation is 1. The minimum absolute atomic E-state index is 0.915. The second kappa shape index (κ2) is 5.67. The van der Waals surface area contributed by atoms with Crippen LogP contribution in [0.1, 0.15) is 24.1 Å².